The van der Waals surface area contributed by atoms with Crippen molar-refractivity contribution in [1.29, 1.82) is 0 Å². The van der Waals surface area contributed by atoms with Crippen LogP contribution in [0.15, 0.2) is 27.8 Å². The molecule has 0 amide bonds. The molecule has 20 heavy (non-hydrogen) atoms. The van der Waals surface area contributed by atoms with Crippen molar-refractivity contribution in [1.82, 2.24) is 15.2 Å². The van der Waals surface area contributed by atoms with E-state index in [0.29, 0.717) is 10.0 Å². The largest absolute Gasteiger partial charge is 0.478 e. The number of aromatic carboxylic acids is 1. The zero-order valence-corrected chi connectivity index (χ0v) is 12.5. The molecule has 1 aromatic carbocycles. The smallest absolute Gasteiger partial charge is 0.336 e. The summed E-state index contributed by atoms with van der Waals surface area (Å²) in [7, 11) is -3.96. The summed E-state index contributed by atoms with van der Waals surface area (Å²) in [5.41, 5.74) is 0.341. The Bertz CT molecular complexity index is 758. The standard InChI is InChI=1S/C10H9BrN4O4S/c1-5-7(9(16)17)2-6(3-8(5)11)20(18,19)15-10-12-4-13-14-10/h2-4H,1H3,(H,16,17)(H2,12,13,14,15). The molecular weight excluding hydrogens is 352 g/mol. The van der Waals surface area contributed by atoms with E-state index in [4.69, 9.17) is 5.11 Å². The highest BCUT2D eigenvalue weighted by Crippen LogP contribution is 2.25. The zero-order valence-electron chi connectivity index (χ0n) is 10.1. The quantitative estimate of drug-likeness (QED) is 0.755. The van der Waals surface area contributed by atoms with E-state index in [9.17, 15) is 13.2 Å². The van der Waals surface area contributed by atoms with Gasteiger partial charge in [0.1, 0.15) is 6.33 Å². The van der Waals surface area contributed by atoms with Gasteiger partial charge < -0.3 is 5.11 Å². The summed E-state index contributed by atoms with van der Waals surface area (Å²) in [4.78, 5) is 14.6. The molecule has 0 bridgehead atoms. The molecule has 0 saturated heterocycles. The highest BCUT2D eigenvalue weighted by atomic mass is 79.9. The molecule has 0 radical (unpaired) electrons. The second kappa shape index (κ2) is 5.21. The highest BCUT2D eigenvalue weighted by molar-refractivity contribution is 9.10. The van der Waals surface area contributed by atoms with Crippen molar-refractivity contribution in [3.8, 4) is 0 Å². The first-order chi connectivity index (χ1) is 9.31. The van der Waals surface area contributed by atoms with Gasteiger partial charge in [-0.2, -0.15) is 10.1 Å². The second-order valence-corrected chi connectivity index (χ2v) is 6.36. The van der Waals surface area contributed by atoms with E-state index in [-0.39, 0.29) is 16.4 Å². The van der Waals surface area contributed by atoms with Crippen LogP contribution >= 0.6 is 15.9 Å². The Hall–Kier alpha value is -1.94. The maximum atomic E-state index is 12.1. The molecule has 0 atom stereocenters. The highest BCUT2D eigenvalue weighted by Gasteiger charge is 2.20. The third-order valence-electron chi connectivity index (χ3n) is 2.50. The second-order valence-electron chi connectivity index (χ2n) is 3.82. The first kappa shape index (κ1) is 14.5. The van der Waals surface area contributed by atoms with Gasteiger partial charge in [0.2, 0.25) is 5.95 Å². The number of aromatic nitrogens is 3. The van der Waals surface area contributed by atoms with Gasteiger partial charge >= 0.3 is 5.97 Å². The van der Waals surface area contributed by atoms with Gasteiger partial charge in [-0.15, -0.1) is 0 Å². The predicted molar refractivity (Wildman–Crippen MR) is 73.0 cm³/mol. The fourth-order valence-corrected chi connectivity index (χ4v) is 3.10. The number of sulfonamides is 1. The Labute approximate surface area is 122 Å². The maximum Gasteiger partial charge on any atom is 0.336 e. The lowest BCUT2D eigenvalue weighted by molar-refractivity contribution is 0.0695. The fraction of sp³-hybridized carbons (Fsp3) is 0.100. The molecule has 0 spiro atoms. The average molecular weight is 361 g/mol. The van der Waals surface area contributed by atoms with Crippen LogP contribution in [0, 0.1) is 6.92 Å². The lowest BCUT2D eigenvalue weighted by atomic mass is 10.1. The molecule has 0 fully saturated rings. The summed E-state index contributed by atoms with van der Waals surface area (Å²) < 4.78 is 26.8. The van der Waals surface area contributed by atoms with E-state index >= 15 is 0 Å². The number of nitrogens with one attached hydrogen (secondary N) is 2. The van der Waals surface area contributed by atoms with Gasteiger partial charge in [-0.1, -0.05) is 15.9 Å². The van der Waals surface area contributed by atoms with Crippen LogP contribution in [0.25, 0.3) is 0 Å². The van der Waals surface area contributed by atoms with Crippen LogP contribution in [0.3, 0.4) is 0 Å². The van der Waals surface area contributed by atoms with E-state index in [1.807, 2.05) is 0 Å². The predicted octanol–water partition coefficient (Wildman–Crippen LogP) is 1.37. The van der Waals surface area contributed by atoms with Crippen LogP contribution in [-0.2, 0) is 10.0 Å². The van der Waals surface area contributed by atoms with Crippen molar-refractivity contribution in [2.75, 3.05) is 4.72 Å². The van der Waals surface area contributed by atoms with Crippen LogP contribution < -0.4 is 4.72 Å². The molecule has 0 aliphatic heterocycles. The first-order valence-corrected chi connectivity index (χ1v) is 7.50. The molecule has 2 aromatic rings. The zero-order chi connectivity index (χ0) is 14.9. The number of carboxylic acid groups (broad SMARTS) is 1. The van der Waals surface area contributed by atoms with Crippen LogP contribution in [0.1, 0.15) is 15.9 Å². The Morgan fingerprint density at radius 3 is 2.70 bits per heavy atom. The normalized spacial score (nSPS) is 11.3. The van der Waals surface area contributed by atoms with E-state index < -0.39 is 16.0 Å². The van der Waals surface area contributed by atoms with Crippen molar-refractivity contribution in [3.63, 3.8) is 0 Å². The molecule has 10 heteroatoms. The number of halogens is 1. The van der Waals surface area contributed by atoms with Crippen LogP contribution in [0.4, 0.5) is 5.95 Å². The van der Waals surface area contributed by atoms with Crippen molar-refractivity contribution >= 4 is 37.9 Å². The molecule has 0 aliphatic rings. The Morgan fingerprint density at radius 2 is 2.15 bits per heavy atom. The molecule has 106 valence electrons. The number of hydrogen-bond donors (Lipinski definition) is 3. The van der Waals surface area contributed by atoms with Gasteiger partial charge in [-0.05, 0) is 24.6 Å². The van der Waals surface area contributed by atoms with E-state index in [1.54, 1.807) is 6.92 Å². The van der Waals surface area contributed by atoms with Crippen molar-refractivity contribution in [2.45, 2.75) is 11.8 Å². The molecule has 1 heterocycles. The number of anilines is 1. The molecular formula is C10H9BrN4O4S. The monoisotopic (exact) mass is 360 g/mol. The Balaban J connectivity index is 2.49. The lowest BCUT2D eigenvalue weighted by Gasteiger charge is -2.09. The SMILES string of the molecule is Cc1c(Br)cc(S(=O)(=O)Nc2ncn[nH]2)cc1C(=O)O. The molecule has 0 aliphatic carbocycles. The van der Waals surface area contributed by atoms with Crippen molar-refractivity contribution in [3.05, 3.63) is 34.1 Å². The molecule has 3 N–H and O–H groups in total. The van der Waals surface area contributed by atoms with Gasteiger partial charge in [-0.25, -0.2) is 23.0 Å². The van der Waals surface area contributed by atoms with Gasteiger partial charge in [0.05, 0.1) is 10.5 Å². The third kappa shape index (κ3) is 2.80. The van der Waals surface area contributed by atoms with Gasteiger partial charge in [0.15, 0.2) is 0 Å². The Morgan fingerprint density at radius 1 is 1.45 bits per heavy atom. The fourth-order valence-electron chi connectivity index (χ4n) is 1.47. The summed E-state index contributed by atoms with van der Waals surface area (Å²) in [6, 6.07) is 2.40. The van der Waals surface area contributed by atoms with E-state index in [2.05, 4.69) is 35.8 Å². The summed E-state index contributed by atoms with van der Waals surface area (Å²) in [5.74, 6) is -1.27. The molecule has 1 aromatic heterocycles. The van der Waals surface area contributed by atoms with Crippen LogP contribution in [0.5, 0.6) is 0 Å². The third-order valence-corrected chi connectivity index (χ3v) is 4.65. The number of hydrogen-bond acceptors (Lipinski definition) is 5. The summed E-state index contributed by atoms with van der Waals surface area (Å²) in [5, 5.41) is 14.9. The average Bonchev–Trinajstić information content (AvgIpc) is 2.83. The summed E-state index contributed by atoms with van der Waals surface area (Å²) >= 11 is 3.14. The number of carbonyl (C=O) groups is 1. The van der Waals surface area contributed by atoms with Crippen molar-refractivity contribution < 1.29 is 18.3 Å². The Kier molecular flexibility index (Phi) is 3.77. The lowest BCUT2D eigenvalue weighted by Crippen LogP contribution is -2.15. The molecule has 0 unspecified atom stereocenters. The van der Waals surface area contributed by atoms with Gasteiger partial charge in [0.25, 0.3) is 10.0 Å². The van der Waals surface area contributed by atoms with Crippen molar-refractivity contribution in [2.24, 2.45) is 0 Å². The molecule has 0 saturated carbocycles. The molecule has 2 rings (SSSR count). The number of carboxylic acids is 1. The van der Waals surface area contributed by atoms with Crippen LogP contribution in [-0.4, -0.2) is 34.7 Å². The number of aromatic amines is 1. The van der Waals surface area contributed by atoms with E-state index in [1.165, 1.54) is 6.07 Å². The van der Waals surface area contributed by atoms with Crippen LogP contribution in [0.2, 0.25) is 0 Å². The van der Waals surface area contributed by atoms with Gasteiger partial charge in [-0.3, -0.25) is 0 Å². The van der Waals surface area contributed by atoms with Gasteiger partial charge in [0, 0.05) is 4.47 Å². The number of rotatable bonds is 4. The topological polar surface area (TPSA) is 125 Å². The number of H-pyrrole nitrogens is 1. The summed E-state index contributed by atoms with van der Waals surface area (Å²) in [6.07, 6.45) is 1.14. The minimum atomic E-state index is -3.96. The first-order valence-electron chi connectivity index (χ1n) is 5.23. The summed E-state index contributed by atoms with van der Waals surface area (Å²) in [6.45, 7) is 1.58. The minimum absolute atomic E-state index is 0.0569. The maximum absolute atomic E-state index is 12.1. The van der Waals surface area contributed by atoms with E-state index in [0.717, 1.165) is 12.4 Å². The number of benzene rings is 1. The molecule has 8 nitrogen and oxygen atoms in total. The number of nitrogens with zero attached hydrogens (tertiary/aromatic N) is 2. The minimum Gasteiger partial charge on any atom is -0.478 e.